The number of aromatic nitrogens is 1. The van der Waals surface area contributed by atoms with Crippen molar-refractivity contribution in [2.45, 2.75) is 32.4 Å². The molecule has 1 aromatic heterocycles. The number of carbonyl (C=O) groups excluding carboxylic acids is 1. The van der Waals surface area contributed by atoms with Crippen LogP contribution in [0.3, 0.4) is 0 Å². The van der Waals surface area contributed by atoms with Crippen LogP contribution in [-0.4, -0.2) is 16.5 Å². The first-order valence-electron chi connectivity index (χ1n) is 9.85. The van der Waals surface area contributed by atoms with Crippen molar-refractivity contribution < 1.29 is 13.9 Å². The Balaban J connectivity index is 1.60. The maximum absolute atomic E-state index is 13.0. The highest BCUT2D eigenvalue weighted by Gasteiger charge is 2.15. The second kappa shape index (κ2) is 9.87. The minimum absolute atomic E-state index is 0.0396. The Labute approximate surface area is 175 Å². The molecule has 6 heteroatoms. The Morgan fingerprint density at radius 3 is 2.50 bits per heavy atom. The van der Waals surface area contributed by atoms with E-state index in [1.165, 1.54) is 30.0 Å². The summed E-state index contributed by atoms with van der Waals surface area (Å²) >= 11 is 0. The van der Waals surface area contributed by atoms with E-state index in [4.69, 9.17) is 4.74 Å². The highest BCUT2D eigenvalue weighted by Crippen LogP contribution is 2.11. The molecule has 0 unspecified atom stereocenters. The summed E-state index contributed by atoms with van der Waals surface area (Å²) in [6.45, 7) is 2.08. The zero-order chi connectivity index (χ0) is 21.5. The van der Waals surface area contributed by atoms with Crippen molar-refractivity contribution in [3.63, 3.8) is 0 Å². The smallest absolute Gasteiger partial charge is 0.268 e. The van der Waals surface area contributed by atoms with Gasteiger partial charge < -0.3 is 14.6 Å². The number of nitrogens with one attached hydrogen (secondary N) is 1. The van der Waals surface area contributed by atoms with Gasteiger partial charge in [-0.1, -0.05) is 42.5 Å². The zero-order valence-electron chi connectivity index (χ0n) is 17.1. The number of halogens is 1. The van der Waals surface area contributed by atoms with Crippen molar-refractivity contribution in [3.05, 3.63) is 99.7 Å². The Morgan fingerprint density at radius 1 is 1.10 bits per heavy atom. The Morgan fingerprint density at radius 2 is 1.80 bits per heavy atom. The summed E-state index contributed by atoms with van der Waals surface area (Å²) < 4.78 is 20.1. The van der Waals surface area contributed by atoms with Crippen LogP contribution in [0.4, 0.5) is 4.39 Å². The van der Waals surface area contributed by atoms with Crippen LogP contribution in [0, 0.1) is 5.82 Å². The van der Waals surface area contributed by atoms with E-state index >= 15 is 0 Å². The molecule has 0 spiro atoms. The van der Waals surface area contributed by atoms with Gasteiger partial charge in [0, 0.05) is 19.2 Å². The SMILES string of the molecule is C[C@H](CCc1ccccc1)NC(=O)c1cc(=O)c(OCc2ccc(F)cc2)cn1C. The summed E-state index contributed by atoms with van der Waals surface area (Å²) in [7, 11) is 1.69. The Bertz CT molecular complexity index is 1050. The third-order valence-corrected chi connectivity index (χ3v) is 4.83. The molecule has 5 nitrogen and oxygen atoms in total. The fraction of sp³-hybridized carbons (Fsp3) is 0.250. The average Bonchev–Trinajstić information content (AvgIpc) is 2.74. The third kappa shape index (κ3) is 5.80. The summed E-state index contributed by atoms with van der Waals surface area (Å²) in [5.41, 5.74) is 1.85. The summed E-state index contributed by atoms with van der Waals surface area (Å²) in [4.78, 5) is 25.0. The van der Waals surface area contributed by atoms with Crippen molar-refractivity contribution in [1.29, 1.82) is 0 Å². The minimum Gasteiger partial charge on any atom is -0.483 e. The number of aryl methyl sites for hydroxylation is 2. The molecule has 2 aromatic carbocycles. The number of carbonyl (C=O) groups is 1. The van der Waals surface area contributed by atoms with Crippen LogP contribution in [0.5, 0.6) is 5.75 Å². The van der Waals surface area contributed by atoms with E-state index in [0.717, 1.165) is 18.4 Å². The fourth-order valence-corrected chi connectivity index (χ4v) is 3.08. The zero-order valence-corrected chi connectivity index (χ0v) is 17.1. The van der Waals surface area contributed by atoms with Crippen molar-refractivity contribution in [2.24, 2.45) is 7.05 Å². The van der Waals surface area contributed by atoms with Crippen molar-refractivity contribution >= 4 is 5.91 Å². The van der Waals surface area contributed by atoms with Gasteiger partial charge in [-0.2, -0.15) is 0 Å². The van der Waals surface area contributed by atoms with Crippen LogP contribution in [0.1, 0.15) is 35.0 Å². The number of benzene rings is 2. The molecule has 0 aliphatic heterocycles. The second-order valence-electron chi connectivity index (χ2n) is 7.31. The fourth-order valence-electron chi connectivity index (χ4n) is 3.08. The number of ether oxygens (including phenoxy) is 1. The molecule has 3 aromatic rings. The number of rotatable bonds is 8. The van der Waals surface area contributed by atoms with Gasteiger partial charge >= 0.3 is 0 Å². The highest BCUT2D eigenvalue weighted by molar-refractivity contribution is 5.92. The van der Waals surface area contributed by atoms with Crippen molar-refractivity contribution in [3.8, 4) is 5.75 Å². The monoisotopic (exact) mass is 408 g/mol. The van der Waals surface area contributed by atoms with Gasteiger partial charge in [0.2, 0.25) is 5.43 Å². The number of nitrogens with zero attached hydrogens (tertiary/aromatic N) is 1. The minimum atomic E-state index is -0.377. The van der Waals surface area contributed by atoms with Gasteiger partial charge in [0.1, 0.15) is 18.1 Å². The topological polar surface area (TPSA) is 60.3 Å². The predicted molar refractivity (Wildman–Crippen MR) is 114 cm³/mol. The molecule has 1 heterocycles. The lowest BCUT2D eigenvalue weighted by Crippen LogP contribution is -2.35. The van der Waals surface area contributed by atoms with Gasteiger partial charge in [-0.05, 0) is 43.0 Å². The predicted octanol–water partition coefficient (Wildman–Crippen LogP) is 3.85. The first-order chi connectivity index (χ1) is 14.4. The Hall–Kier alpha value is -3.41. The largest absolute Gasteiger partial charge is 0.483 e. The van der Waals surface area contributed by atoms with Crippen LogP contribution in [0.25, 0.3) is 0 Å². The van der Waals surface area contributed by atoms with E-state index in [-0.39, 0.29) is 41.2 Å². The molecule has 0 aliphatic rings. The van der Waals surface area contributed by atoms with Crippen LogP contribution < -0.4 is 15.5 Å². The quantitative estimate of drug-likeness (QED) is 0.616. The molecule has 156 valence electrons. The van der Waals surface area contributed by atoms with Gasteiger partial charge in [-0.3, -0.25) is 9.59 Å². The van der Waals surface area contributed by atoms with E-state index < -0.39 is 0 Å². The molecule has 30 heavy (non-hydrogen) atoms. The second-order valence-corrected chi connectivity index (χ2v) is 7.31. The molecule has 1 N–H and O–H groups in total. The third-order valence-electron chi connectivity index (χ3n) is 4.83. The lowest BCUT2D eigenvalue weighted by atomic mass is 10.1. The number of amides is 1. The summed E-state index contributed by atoms with van der Waals surface area (Å²) in [6.07, 6.45) is 3.15. The van der Waals surface area contributed by atoms with Gasteiger partial charge in [-0.25, -0.2) is 4.39 Å². The van der Waals surface area contributed by atoms with Crippen LogP contribution in [0.15, 0.2) is 71.7 Å². The maximum Gasteiger partial charge on any atom is 0.268 e. The molecule has 0 saturated carbocycles. The van der Waals surface area contributed by atoms with Crippen molar-refractivity contribution in [2.75, 3.05) is 0 Å². The Kier molecular flexibility index (Phi) is 7.01. The van der Waals surface area contributed by atoms with Crippen molar-refractivity contribution in [1.82, 2.24) is 9.88 Å². The molecular formula is C24H25FN2O3. The molecular weight excluding hydrogens is 383 g/mol. The van der Waals surface area contributed by atoms with Crippen LogP contribution in [0.2, 0.25) is 0 Å². The molecule has 1 atom stereocenters. The molecule has 0 fully saturated rings. The van der Waals surface area contributed by atoms with Gasteiger partial charge in [0.25, 0.3) is 5.91 Å². The molecule has 0 radical (unpaired) electrons. The summed E-state index contributed by atoms with van der Waals surface area (Å²) in [5, 5.41) is 2.94. The van der Waals surface area contributed by atoms with E-state index in [1.54, 1.807) is 23.7 Å². The standard InChI is InChI=1S/C24H25FN2O3/c1-17(8-9-18-6-4-3-5-7-18)26-24(29)21-14-22(28)23(15-27(21)2)30-16-19-10-12-20(25)13-11-19/h3-7,10-15,17H,8-9,16H2,1-2H3,(H,26,29)/t17-/m1/s1. The van der Waals surface area contributed by atoms with E-state index in [1.807, 2.05) is 25.1 Å². The summed E-state index contributed by atoms with van der Waals surface area (Å²) in [5.74, 6) is -0.501. The van der Waals surface area contributed by atoms with Crippen LogP contribution >= 0.6 is 0 Å². The van der Waals surface area contributed by atoms with Gasteiger partial charge in [0.15, 0.2) is 5.75 Å². The number of hydrogen-bond acceptors (Lipinski definition) is 3. The van der Waals surface area contributed by atoms with E-state index in [9.17, 15) is 14.0 Å². The average molecular weight is 408 g/mol. The molecule has 0 aliphatic carbocycles. The first kappa shape index (κ1) is 21.3. The maximum atomic E-state index is 13.0. The summed E-state index contributed by atoms with van der Waals surface area (Å²) in [6, 6.07) is 17.2. The van der Waals surface area contributed by atoms with Gasteiger partial charge in [-0.15, -0.1) is 0 Å². The lowest BCUT2D eigenvalue weighted by molar-refractivity contribution is 0.0929. The van der Waals surface area contributed by atoms with Crippen LogP contribution in [-0.2, 0) is 20.1 Å². The highest BCUT2D eigenvalue weighted by atomic mass is 19.1. The van der Waals surface area contributed by atoms with E-state index in [0.29, 0.717) is 0 Å². The molecule has 0 saturated heterocycles. The number of pyridine rings is 1. The number of hydrogen-bond donors (Lipinski definition) is 1. The molecule has 3 rings (SSSR count). The lowest BCUT2D eigenvalue weighted by Gasteiger charge is -2.16. The first-order valence-corrected chi connectivity index (χ1v) is 9.85. The van der Waals surface area contributed by atoms with E-state index in [2.05, 4.69) is 17.4 Å². The van der Waals surface area contributed by atoms with Gasteiger partial charge in [0.05, 0.1) is 6.20 Å². The molecule has 0 bridgehead atoms. The molecule has 1 amide bonds. The normalized spacial score (nSPS) is 11.7.